The van der Waals surface area contributed by atoms with Gasteiger partial charge in [0.2, 0.25) is 11.2 Å². The third-order valence-electron chi connectivity index (χ3n) is 2.41. The summed E-state index contributed by atoms with van der Waals surface area (Å²) in [5, 5.41) is 10.3. The summed E-state index contributed by atoms with van der Waals surface area (Å²) in [6.07, 6.45) is 5.98. The first-order valence-electron chi connectivity index (χ1n) is 5.85. The highest BCUT2D eigenvalue weighted by molar-refractivity contribution is 7.09. The van der Waals surface area contributed by atoms with Gasteiger partial charge in [-0.3, -0.25) is 0 Å². The van der Waals surface area contributed by atoms with Crippen LogP contribution in [0, 0.1) is 0 Å². The molecular formula is C11H10ClN7S. The highest BCUT2D eigenvalue weighted by Crippen LogP contribution is 2.10. The lowest BCUT2D eigenvalue weighted by molar-refractivity contribution is 0.794. The highest BCUT2D eigenvalue weighted by atomic mass is 35.5. The number of nitrogens with zero attached hydrogens (tertiary/aromatic N) is 6. The summed E-state index contributed by atoms with van der Waals surface area (Å²) in [4.78, 5) is 16.5. The molecule has 9 heteroatoms. The van der Waals surface area contributed by atoms with Crippen LogP contribution >= 0.6 is 22.9 Å². The number of halogens is 1. The number of anilines is 1. The van der Waals surface area contributed by atoms with Crippen LogP contribution < -0.4 is 5.32 Å². The van der Waals surface area contributed by atoms with Gasteiger partial charge in [-0.15, -0.1) is 11.3 Å². The second-order valence-corrected chi connectivity index (χ2v) is 5.10. The predicted octanol–water partition coefficient (Wildman–Crippen LogP) is 1.82. The summed E-state index contributed by atoms with van der Waals surface area (Å²) in [6, 6.07) is 1.78. The van der Waals surface area contributed by atoms with Crippen LogP contribution in [-0.4, -0.2) is 36.3 Å². The molecule has 0 fully saturated rings. The Morgan fingerprint density at radius 3 is 2.95 bits per heavy atom. The minimum absolute atomic E-state index is 0.127. The van der Waals surface area contributed by atoms with E-state index < -0.39 is 0 Å². The van der Waals surface area contributed by atoms with Gasteiger partial charge in [0.1, 0.15) is 0 Å². The van der Waals surface area contributed by atoms with Crippen molar-refractivity contribution in [1.29, 1.82) is 0 Å². The van der Waals surface area contributed by atoms with Gasteiger partial charge < -0.3 is 5.32 Å². The van der Waals surface area contributed by atoms with Crippen molar-refractivity contribution in [2.24, 2.45) is 0 Å². The van der Waals surface area contributed by atoms with Crippen molar-refractivity contribution >= 4 is 28.9 Å². The van der Waals surface area contributed by atoms with Crippen LogP contribution in [0.2, 0.25) is 5.28 Å². The van der Waals surface area contributed by atoms with E-state index in [0.717, 1.165) is 11.4 Å². The molecule has 0 aliphatic heterocycles. The van der Waals surface area contributed by atoms with E-state index >= 15 is 0 Å². The summed E-state index contributed by atoms with van der Waals surface area (Å²) in [5.41, 5.74) is 0. The van der Waals surface area contributed by atoms with Crippen LogP contribution in [0.25, 0.3) is 5.95 Å². The summed E-state index contributed by atoms with van der Waals surface area (Å²) < 4.78 is 1.53. The fraction of sp³-hybridized carbons (Fsp3) is 0.182. The van der Waals surface area contributed by atoms with Gasteiger partial charge in [-0.25, -0.2) is 9.67 Å². The van der Waals surface area contributed by atoms with Gasteiger partial charge >= 0.3 is 0 Å². The molecule has 0 bridgehead atoms. The minimum Gasteiger partial charge on any atom is -0.354 e. The molecule has 20 heavy (non-hydrogen) atoms. The first kappa shape index (κ1) is 12.9. The zero-order valence-electron chi connectivity index (χ0n) is 10.3. The first-order valence-corrected chi connectivity index (χ1v) is 7.11. The Labute approximate surface area is 123 Å². The van der Waals surface area contributed by atoms with Crippen molar-refractivity contribution in [2.75, 3.05) is 11.9 Å². The van der Waals surface area contributed by atoms with Gasteiger partial charge in [-0.05, 0) is 17.7 Å². The summed E-state index contributed by atoms with van der Waals surface area (Å²) in [7, 11) is 0. The maximum absolute atomic E-state index is 5.89. The maximum Gasteiger partial charge on any atom is 0.256 e. The Bertz CT molecular complexity index is 668. The van der Waals surface area contributed by atoms with E-state index in [1.54, 1.807) is 36.0 Å². The average molecular weight is 308 g/mol. The molecular weight excluding hydrogens is 298 g/mol. The molecule has 0 aliphatic carbocycles. The standard InChI is InChI=1S/C11H10ClN7S/c12-9-16-10(14-4-2-8-13-5-7-20-8)18-11(17-9)19-6-1-3-15-19/h1,3,5-7H,2,4H2,(H,14,16,17,18). The van der Waals surface area contributed by atoms with Gasteiger partial charge in [0.15, 0.2) is 0 Å². The summed E-state index contributed by atoms with van der Waals surface area (Å²) in [6.45, 7) is 0.673. The maximum atomic E-state index is 5.89. The molecule has 7 nitrogen and oxygen atoms in total. The first-order chi connectivity index (χ1) is 9.81. The second kappa shape index (κ2) is 5.93. The van der Waals surface area contributed by atoms with Crippen LogP contribution in [0.3, 0.4) is 0 Å². The lowest BCUT2D eigenvalue weighted by Gasteiger charge is -2.05. The molecule has 0 saturated carbocycles. The van der Waals surface area contributed by atoms with Gasteiger partial charge in [-0.2, -0.15) is 20.1 Å². The molecule has 3 aromatic rings. The van der Waals surface area contributed by atoms with Crippen LogP contribution in [0.1, 0.15) is 5.01 Å². The van der Waals surface area contributed by atoms with Crippen LogP contribution in [0.5, 0.6) is 0 Å². The predicted molar refractivity (Wildman–Crippen MR) is 76.3 cm³/mol. The molecule has 0 atom stereocenters. The summed E-state index contributed by atoms with van der Waals surface area (Å²) >= 11 is 7.51. The molecule has 3 rings (SSSR count). The number of hydrogen-bond acceptors (Lipinski definition) is 7. The molecule has 0 radical (unpaired) electrons. The molecule has 0 aliphatic rings. The van der Waals surface area contributed by atoms with E-state index in [0.29, 0.717) is 18.4 Å². The normalized spacial score (nSPS) is 10.7. The Morgan fingerprint density at radius 2 is 2.20 bits per heavy atom. The molecule has 0 spiro atoms. The zero-order chi connectivity index (χ0) is 13.8. The zero-order valence-corrected chi connectivity index (χ0v) is 11.8. The Hall–Kier alpha value is -2.06. The third-order valence-corrected chi connectivity index (χ3v) is 3.42. The molecule has 0 amide bonds. The number of nitrogens with one attached hydrogen (secondary N) is 1. The number of thiazole rings is 1. The van der Waals surface area contributed by atoms with Crippen molar-refractivity contribution in [3.05, 3.63) is 40.3 Å². The van der Waals surface area contributed by atoms with Crippen LogP contribution in [0.4, 0.5) is 5.95 Å². The van der Waals surface area contributed by atoms with Gasteiger partial charge in [-0.1, -0.05) is 0 Å². The molecule has 0 aromatic carbocycles. The van der Waals surface area contributed by atoms with Crippen molar-refractivity contribution in [1.82, 2.24) is 29.7 Å². The fourth-order valence-electron chi connectivity index (χ4n) is 1.57. The van der Waals surface area contributed by atoms with E-state index in [-0.39, 0.29) is 5.28 Å². The molecule has 1 N–H and O–H groups in total. The average Bonchev–Trinajstić information content (AvgIpc) is 3.11. The Morgan fingerprint density at radius 1 is 1.25 bits per heavy atom. The van der Waals surface area contributed by atoms with Gasteiger partial charge in [0.25, 0.3) is 5.95 Å². The van der Waals surface area contributed by atoms with Gasteiger partial charge in [0.05, 0.1) is 5.01 Å². The van der Waals surface area contributed by atoms with Crippen LogP contribution in [-0.2, 0) is 6.42 Å². The number of hydrogen-bond donors (Lipinski definition) is 1. The number of aromatic nitrogens is 6. The lowest BCUT2D eigenvalue weighted by atomic mass is 10.4. The Balaban J connectivity index is 1.70. The monoisotopic (exact) mass is 307 g/mol. The van der Waals surface area contributed by atoms with E-state index in [1.165, 1.54) is 4.68 Å². The fourth-order valence-corrected chi connectivity index (χ4v) is 2.34. The van der Waals surface area contributed by atoms with Crippen molar-refractivity contribution in [3.63, 3.8) is 0 Å². The smallest absolute Gasteiger partial charge is 0.256 e. The summed E-state index contributed by atoms with van der Waals surface area (Å²) in [5.74, 6) is 0.804. The molecule has 102 valence electrons. The molecule has 0 unspecified atom stereocenters. The van der Waals surface area contributed by atoms with Crippen molar-refractivity contribution in [2.45, 2.75) is 6.42 Å². The van der Waals surface area contributed by atoms with Crippen LogP contribution in [0.15, 0.2) is 30.0 Å². The Kier molecular flexibility index (Phi) is 3.84. The van der Waals surface area contributed by atoms with E-state index in [4.69, 9.17) is 11.6 Å². The van der Waals surface area contributed by atoms with Crippen molar-refractivity contribution in [3.8, 4) is 5.95 Å². The van der Waals surface area contributed by atoms with E-state index in [1.807, 2.05) is 5.38 Å². The SMILES string of the molecule is Clc1nc(NCCc2nccs2)nc(-n2cccn2)n1. The van der Waals surface area contributed by atoms with Crippen molar-refractivity contribution < 1.29 is 0 Å². The number of rotatable bonds is 5. The van der Waals surface area contributed by atoms with E-state index in [2.05, 4.69) is 30.4 Å². The largest absolute Gasteiger partial charge is 0.354 e. The molecule has 3 heterocycles. The molecule has 3 aromatic heterocycles. The van der Waals surface area contributed by atoms with E-state index in [9.17, 15) is 0 Å². The second-order valence-electron chi connectivity index (χ2n) is 3.78. The lowest BCUT2D eigenvalue weighted by Crippen LogP contribution is -2.11. The van der Waals surface area contributed by atoms with Gasteiger partial charge in [0, 0.05) is 36.9 Å². The highest BCUT2D eigenvalue weighted by Gasteiger charge is 2.07. The minimum atomic E-state index is 0.127. The third kappa shape index (κ3) is 3.09. The molecule has 0 saturated heterocycles. The topological polar surface area (TPSA) is 81.4 Å². The quantitative estimate of drug-likeness (QED) is 0.774.